The lowest BCUT2D eigenvalue weighted by Crippen LogP contribution is -2.17. The van der Waals surface area contributed by atoms with Crippen LogP contribution < -0.4 is 4.74 Å². The molecule has 2 aliphatic rings. The summed E-state index contributed by atoms with van der Waals surface area (Å²) in [6, 6.07) is 13.6. The lowest BCUT2D eigenvalue weighted by molar-refractivity contribution is -0.274. The van der Waals surface area contributed by atoms with Crippen molar-refractivity contribution in [3.05, 3.63) is 64.7 Å². The number of alkyl halides is 3. The molecule has 0 spiro atoms. The Labute approximate surface area is 170 Å². The van der Waals surface area contributed by atoms with Crippen LogP contribution in [0.2, 0.25) is 0 Å². The second kappa shape index (κ2) is 8.25. The highest BCUT2D eigenvalue weighted by molar-refractivity contribution is 5.84. The van der Waals surface area contributed by atoms with Gasteiger partial charge in [0.2, 0.25) is 0 Å². The number of fused-ring (bicyclic) bond motifs is 1. The van der Waals surface area contributed by atoms with E-state index in [4.69, 9.17) is 0 Å². The van der Waals surface area contributed by atoms with Gasteiger partial charge in [-0.25, -0.2) is 0 Å². The van der Waals surface area contributed by atoms with Crippen molar-refractivity contribution in [1.29, 1.82) is 0 Å². The van der Waals surface area contributed by atoms with E-state index in [2.05, 4.69) is 42.0 Å². The minimum Gasteiger partial charge on any atom is -0.406 e. The summed E-state index contributed by atoms with van der Waals surface area (Å²) in [6.07, 6.45) is 5.54. The van der Waals surface area contributed by atoms with Gasteiger partial charge in [0.15, 0.2) is 0 Å². The molecule has 2 aromatic rings. The summed E-state index contributed by atoms with van der Waals surface area (Å²) in [7, 11) is 0. The molecule has 0 saturated heterocycles. The highest BCUT2D eigenvalue weighted by Crippen LogP contribution is 2.38. The predicted molar refractivity (Wildman–Crippen MR) is 111 cm³/mol. The molecule has 0 amide bonds. The van der Waals surface area contributed by atoms with Crippen LogP contribution in [0.1, 0.15) is 73.6 Å². The molecule has 0 bridgehead atoms. The number of aryl methyl sites for hydroxylation is 1. The van der Waals surface area contributed by atoms with Gasteiger partial charge in [0.1, 0.15) is 5.75 Å². The molecule has 2 aliphatic carbocycles. The highest BCUT2D eigenvalue weighted by Gasteiger charge is 2.31. The zero-order valence-electron chi connectivity index (χ0n) is 16.8. The summed E-state index contributed by atoms with van der Waals surface area (Å²) in [5.41, 5.74) is 5.76. The van der Waals surface area contributed by atoms with Gasteiger partial charge < -0.3 is 4.74 Å². The highest BCUT2D eigenvalue weighted by atomic mass is 19.4. The minimum absolute atomic E-state index is 0.143. The normalized spacial score (nSPS) is 22.0. The summed E-state index contributed by atoms with van der Waals surface area (Å²) < 4.78 is 41.3. The fourth-order valence-electron chi connectivity index (χ4n) is 4.77. The quantitative estimate of drug-likeness (QED) is 0.510. The van der Waals surface area contributed by atoms with Gasteiger partial charge in [-0.2, -0.15) is 0 Å². The first-order chi connectivity index (χ1) is 13.9. The molecule has 0 atom stereocenters. The van der Waals surface area contributed by atoms with Gasteiger partial charge in [-0.05, 0) is 90.3 Å². The Hall–Kier alpha value is -2.23. The lowest BCUT2D eigenvalue weighted by Gasteiger charge is -2.28. The van der Waals surface area contributed by atoms with Crippen molar-refractivity contribution in [2.45, 2.75) is 64.1 Å². The molecule has 4 heteroatoms. The van der Waals surface area contributed by atoms with E-state index in [-0.39, 0.29) is 5.75 Å². The van der Waals surface area contributed by atoms with Crippen LogP contribution in [0.3, 0.4) is 0 Å². The number of ether oxygens (including phenoxy) is 1. The van der Waals surface area contributed by atoms with Crippen LogP contribution in [0.5, 0.6) is 5.75 Å². The molecule has 0 aliphatic heterocycles. The van der Waals surface area contributed by atoms with E-state index in [0.717, 1.165) is 29.9 Å². The zero-order chi connectivity index (χ0) is 20.4. The smallest absolute Gasteiger partial charge is 0.406 e. The first kappa shape index (κ1) is 20.1. The van der Waals surface area contributed by atoms with Gasteiger partial charge in [-0.15, -0.1) is 13.2 Å². The Morgan fingerprint density at radius 3 is 2.31 bits per heavy atom. The monoisotopic (exact) mass is 400 g/mol. The second-order valence-corrected chi connectivity index (χ2v) is 8.33. The van der Waals surface area contributed by atoms with Crippen LogP contribution in [-0.4, -0.2) is 6.36 Å². The van der Waals surface area contributed by atoms with Gasteiger partial charge in [0.05, 0.1) is 0 Å². The minimum atomic E-state index is -4.65. The van der Waals surface area contributed by atoms with Crippen molar-refractivity contribution in [2.75, 3.05) is 0 Å². The molecule has 0 radical (unpaired) electrons. The summed E-state index contributed by atoms with van der Waals surface area (Å²) >= 11 is 0. The van der Waals surface area contributed by atoms with Gasteiger partial charge in [0, 0.05) is 0 Å². The number of halogens is 3. The molecule has 0 N–H and O–H groups in total. The van der Waals surface area contributed by atoms with E-state index in [1.807, 2.05) is 0 Å². The lowest BCUT2D eigenvalue weighted by atomic mass is 9.77. The molecule has 1 saturated carbocycles. The Morgan fingerprint density at radius 2 is 1.66 bits per heavy atom. The van der Waals surface area contributed by atoms with Crippen LogP contribution in [0.15, 0.2) is 42.5 Å². The molecule has 0 heterocycles. The van der Waals surface area contributed by atoms with Crippen molar-refractivity contribution < 1.29 is 17.9 Å². The molecule has 154 valence electrons. The average Bonchev–Trinajstić information content (AvgIpc) is 2.72. The summed E-state index contributed by atoms with van der Waals surface area (Å²) in [6.45, 7) is 2.29. The number of hydrogen-bond acceptors (Lipinski definition) is 1. The van der Waals surface area contributed by atoms with Gasteiger partial charge in [0.25, 0.3) is 0 Å². The van der Waals surface area contributed by atoms with Crippen molar-refractivity contribution in [1.82, 2.24) is 0 Å². The maximum absolute atomic E-state index is 12.4. The van der Waals surface area contributed by atoms with Crippen LogP contribution in [0.25, 0.3) is 11.6 Å². The fraction of sp³-hybridized carbons (Fsp3) is 0.440. The largest absolute Gasteiger partial charge is 0.573 e. The summed E-state index contributed by atoms with van der Waals surface area (Å²) in [5.74, 6) is 1.44. The van der Waals surface area contributed by atoms with Gasteiger partial charge in [-0.1, -0.05) is 49.8 Å². The van der Waals surface area contributed by atoms with Crippen molar-refractivity contribution in [3.8, 4) is 5.75 Å². The topological polar surface area (TPSA) is 9.23 Å². The fourth-order valence-corrected chi connectivity index (χ4v) is 4.77. The van der Waals surface area contributed by atoms with E-state index in [1.54, 1.807) is 6.07 Å². The van der Waals surface area contributed by atoms with E-state index in [1.165, 1.54) is 60.9 Å². The molecular formula is C25H27F3O. The van der Waals surface area contributed by atoms with Gasteiger partial charge >= 0.3 is 6.36 Å². The zero-order valence-corrected chi connectivity index (χ0v) is 16.8. The maximum atomic E-state index is 12.4. The molecule has 4 rings (SSSR count). The Balaban J connectivity index is 1.47. The van der Waals surface area contributed by atoms with Crippen molar-refractivity contribution in [3.63, 3.8) is 0 Å². The number of benzene rings is 2. The molecule has 2 aromatic carbocycles. The standard InChI is InChI=1S/C25H27F3O/c1-2-17-3-5-18(6-4-17)19-7-9-20(10-8-19)21-11-12-23-16-24(29-25(26,27)28)14-13-22(23)15-21/h7-10,13-18H,2-6,11-12H2,1H3. The van der Waals surface area contributed by atoms with Gasteiger partial charge in [-0.3, -0.25) is 0 Å². The van der Waals surface area contributed by atoms with Crippen LogP contribution in [0, 0.1) is 5.92 Å². The Kier molecular flexibility index (Phi) is 5.71. The molecule has 1 fully saturated rings. The summed E-state index contributed by atoms with van der Waals surface area (Å²) in [4.78, 5) is 0. The van der Waals surface area contributed by atoms with Crippen LogP contribution in [0.4, 0.5) is 13.2 Å². The molecular weight excluding hydrogens is 373 g/mol. The third-order valence-corrected chi connectivity index (χ3v) is 6.52. The van der Waals surface area contributed by atoms with E-state index in [0.29, 0.717) is 5.92 Å². The van der Waals surface area contributed by atoms with Crippen LogP contribution in [-0.2, 0) is 6.42 Å². The van der Waals surface area contributed by atoms with E-state index >= 15 is 0 Å². The number of rotatable bonds is 4. The second-order valence-electron chi connectivity index (χ2n) is 8.33. The summed E-state index contributed by atoms with van der Waals surface area (Å²) in [5, 5.41) is 0. The third-order valence-electron chi connectivity index (χ3n) is 6.52. The molecule has 0 aromatic heterocycles. The van der Waals surface area contributed by atoms with Crippen molar-refractivity contribution >= 4 is 11.6 Å². The van der Waals surface area contributed by atoms with E-state index < -0.39 is 6.36 Å². The Morgan fingerprint density at radius 1 is 0.931 bits per heavy atom. The number of allylic oxidation sites excluding steroid dienone is 1. The van der Waals surface area contributed by atoms with Crippen LogP contribution >= 0.6 is 0 Å². The molecule has 29 heavy (non-hydrogen) atoms. The van der Waals surface area contributed by atoms with Crippen molar-refractivity contribution in [2.24, 2.45) is 5.92 Å². The first-order valence-corrected chi connectivity index (χ1v) is 10.6. The average molecular weight is 400 g/mol. The SMILES string of the molecule is CCC1CCC(c2ccc(C3=Cc4ccc(OC(F)(F)F)cc4CC3)cc2)CC1. The maximum Gasteiger partial charge on any atom is 0.573 e. The Bertz CT molecular complexity index is 872. The third kappa shape index (κ3) is 4.85. The predicted octanol–water partition coefficient (Wildman–Crippen LogP) is 7.76. The molecule has 1 nitrogen and oxygen atoms in total. The first-order valence-electron chi connectivity index (χ1n) is 10.6. The molecule has 0 unspecified atom stereocenters. The number of hydrogen-bond donors (Lipinski definition) is 0. The van der Waals surface area contributed by atoms with E-state index in [9.17, 15) is 13.2 Å².